The standard InChI is InChI=1S/C20H24N4O2/c1-20(2,3)23-18(25)15-8-6-14(7-9-15)16-12-21-13-17(22-16)19(26)24-10-4-5-11-24/h6-9,12-13H,4-5,10-11H2,1-3H3,(H,23,25). The zero-order valence-corrected chi connectivity index (χ0v) is 15.5. The molecule has 0 spiro atoms. The number of hydrogen-bond donors (Lipinski definition) is 1. The van der Waals surface area contributed by atoms with E-state index in [-0.39, 0.29) is 17.4 Å². The number of aromatic nitrogens is 2. The Morgan fingerprint density at radius 3 is 2.31 bits per heavy atom. The highest BCUT2D eigenvalue weighted by Gasteiger charge is 2.21. The molecule has 0 aliphatic carbocycles. The third-order valence-electron chi connectivity index (χ3n) is 4.18. The van der Waals surface area contributed by atoms with Crippen molar-refractivity contribution in [2.75, 3.05) is 13.1 Å². The molecule has 0 atom stereocenters. The Morgan fingerprint density at radius 2 is 1.69 bits per heavy atom. The molecule has 3 rings (SSSR count). The van der Waals surface area contributed by atoms with Gasteiger partial charge in [0.05, 0.1) is 18.1 Å². The molecule has 2 aromatic rings. The number of carbonyl (C=O) groups excluding carboxylic acids is 2. The van der Waals surface area contributed by atoms with E-state index in [4.69, 9.17) is 0 Å². The predicted molar refractivity (Wildman–Crippen MR) is 99.8 cm³/mol. The Balaban J connectivity index is 1.78. The number of nitrogens with zero attached hydrogens (tertiary/aromatic N) is 3. The van der Waals surface area contributed by atoms with E-state index in [0.717, 1.165) is 31.5 Å². The second kappa shape index (κ2) is 7.23. The fourth-order valence-corrected chi connectivity index (χ4v) is 2.90. The third kappa shape index (κ3) is 4.25. The van der Waals surface area contributed by atoms with Crippen LogP contribution >= 0.6 is 0 Å². The molecule has 6 heteroatoms. The molecule has 6 nitrogen and oxygen atoms in total. The van der Waals surface area contributed by atoms with Gasteiger partial charge in [-0.25, -0.2) is 4.98 Å². The van der Waals surface area contributed by atoms with Crippen LogP contribution in [0.25, 0.3) is 11.3 Å². The number of nitrogens with one attached hydrogen (secondary N) is 1. The molecule has 1 N–H and O–H groups in total. The van der Waals surface area contributed by atoms with Crippen molar-refractivity contribution in [2.45, 2.75) is 39.2 Å². The van der Waals surface area contributed by atoms with Gasteiger partial charge in [0.1, 0.15) is 5.69 Å². The molecule has 26 heavy (non-hydrogen) atoms. The zero-order chi connectivity index (χ0) is 18.7. The van der Waals surface area contributed by atoms with E-state index in [0.29, 0.717) is 17.0 Å². The van der Waals surface area contributed by atoms with Crippen LogP contribution in [0.1, 0.15) is 54.5 Å². The SMILES string of the molecule is CC(C)(C)NC(=O)c1ccc(-c2cncc(C(=O)N3CCCC3)n2)cc1. The monoisotopic (exact) mass is 352 g/mol. The number of carbonyl (C=O) groups is 2. The highest BCUT2D eigenvalue weighted by atomic mass is 16.2. The van der Waals surface area contributed by atoms with Crippen LogP contribution in [0.2, 0.25) is 0 Å². The molecule has 1 fully saturated rings. The van der Waals surface area contributed by atoms with Gasteiger partial charge in [0.15, 0.2) is 0 Å². The first-order valence-electron chi connectivity index (χ1n) is 8.88. The van der Waals surface area contributed by atoms with E-state index in [9.17, 15) is 9.59 Å². The van der Waals surface area contributed by atoms with Crippen molar-refractivity contribution in [3.05, 3.63) is 47.9 Å². The molecular formula is C20H24N4O2. The average Bonchev–Trinajstić information content (AvgIpc) is 3.14. The topological polar surface area (TPSA) is 75.2 Å². The number of rotatable bonds is 3. The van der Waals surface area contributed by atoms with Crippen molar-refractivity contribution >= 4 is 11.8 Å². The lowest BCUT2D eigenvalue weighted by atomic mass is 10.1. The molecular weight excluding hydrogens is 328 g/mol. The highest BCUT2D eigenvalue weighted by Crippen LogP contribution is 2.19. The lowest BCUT2D eigenvalue weighted by molar-refractivity contribution is 0.0786. The molecule has 2 amide bonds. The van der Waals surface area contributed by atoms with Crippen LogP contribution in [0, 0.1) is 0 Å². The predicted octanol–water partition coefficient (Wildman–Crippen LogP) is 2.91. The maximum absolute atomic E-state index is 12.5. The van der Waals surface area contributed by atoms with Gasteiger partial charge < -0.3 is 10.2 Å². The first-order chi connectivity index (χ1) is 12.3. The molecule has 1 saturated heterocycles. The maximum Gasteiger partial charge on any atom is 0.274 e. The van der Waals surface area contributed by atoms with Gasteiger partial charge in [0.2, 0.25) is 0 Å². The largest absolute Gasteiger partial charge is 0.347 e. The van der Waals surface area contributed by atoms with Gasteiger partial charge in [-0.1, -0.05) is 12.1 Å². The zero-order valence-electron chi connectivity index (χ0n) is 15.5. The lowest BCUT2D eigenvalue weighted by Crippen LogP contribution is -2.40. The highest BCUT2D eigenvalue weighted by molar-refractivity contribution is 5.95. The van der Waals surface area contributed by atoms with E-state index in [1.165, 1.54) is 6.20 Å². The Bertz CT molecular complexity index is 803. The summed E-state index contributed by atoms with van der Waals surface area (Å²) < 4.78 is 0. The van der Waals surface area contributed by atoms with Crippen LogP contribution < -0.4 is 5.32 Å². The second-order valence-corrected chi connectivity index (χ2v) is 7.57. The first-order valence-corrected chi connectivity index (χ1v) is 8.88. The van der Waals surface area contributed by atoms with Gasteiger partial charge in [-0.15, -0.1) is 0 Å². The van der Waals surface area contributed by atoms with Crippen LogP contribution in [-0.4, -0.2) is 45.3 Å². The van der Waals surface area contributed by atoms with Crippen LogP contribution in [-0.2, 0) is 0 Å². The average molecular weight is 352 g/mol. The maximum atomic E-state index is 12.5. The fourth-order valence-electron chi connectivity index (χ4n) is 2.90. The van der Waals surface area contributed by atoms with Gasteiger partial charge >= 0.3 is 0 Å². The summed E-state index contributed by atoms with van der Waals surface area (Å²) in [5.41, 5.74) is 2.10. The van der Waals surface area contributed by atoms with E-state index in [1.54, 1.807) is 18.3 Å². The third-order valence-corrected chi connectivity index (χ3v) is 4.18. The summed E-state index contributed by atoms with van der Waals surface area (Å²) in [5, 5.41) is 2.93. The van der Waals surface area contributed by atoms with Crippen LogP contribution in [0.4, 0.5) is 0 Å². The quantitative estimate of drug-likeness (QED) is 0.922. The van der Waals surface area contributed by atoms with E-state index in [1.807, 2.05) is 37.8 Å². The van der Waals surface area contributed by atoms with Crippen LogP contribution in [0.15, 0.2) is 36.7 Å². The number of likely N-dealkylation sites (tertiary alicyclic amines) is 1. The number of amides is 2. The summed E-state index contributed by atoms with van der Waals surface area (Å²) >= 11 is 0. The summed E-state index contributed by atoms with van der Waals surface area (Å²) in [7, 11) is 0. The molecule has 0 radical (unpaired) electrons. The molecule has 1 aliphatic rings. The molecule has 0 saturated carbocycles. The Morgan fingerprint density at radius 1 is 1.04 bits per heavy atom. The van der Waals surface area contributed by atoms with Crippen molar-refractivity contribution in [1.29, 1.82) is 0 Å². The summed E-state index contributed by atoms with van der Waals surface area (Å²) in [6.07, 6.45) is 5.22. The summed E-state index contributed by atoms with van der Waals surface area (Å²) in [4.78, 5) is 35.1. The molecule has 0 bridgehead atoms. The smallest absolute Gasteiger partial charge is 0.274 e. The van der Waals surface area contributed by atoms with Crippen LogP contribution in [0.3, 0.4) is 0 Å². The summed E-state index contributed by atoms with van der Waals surface area (Å²) in [6, 6.07) is 7.16. The van der Waals surface area contributed by atoms with E-state index in [2.05, 4.69) is 15.3 Å². The number of hydrogen-bond acceptors (Lipinski definition) is 4. The second-order valence-electron chi connectivity index (χ2n) is 7.57. The van der Waals surface area contributed by atoms with E-state index < -0.39 is 0 Å². The van der Waals surface area contributed by atoms with Crippen molar-refractivity contribution in [1.82, 2.24) is 20.2 Å². The molecule has 1 aromatic heterocycles. The van der Waals surface area contributed by atoms with Crippen LogP contribution in [0.5, 0.6) is 0 Å². The molecule has 136 valence electrons. The molecule has 1 aromatic carbocycles. The normalized spacial score (nSPS) is 14.3. The molecule has 1 aliphatic heterocycles. The molecule has 0 unspecified atom stereocenters. The minimum Gasteiger partial charge on any atom is -0.347 e. The number of benzene rings is 1. The minimum absolute atomic E-state index is 0.0713. The Kier molecular flexibility index (Phi) is 5.02. The van der Waals surface area contributed by atoms with Gasteiger partial charge in [-0.2, -0.15) is 0 Å². The summed E-state index contributed by atoms with van der Waals surface area (Å²) in [5.74, 6) is -0.189. The van der Waals surface area contributed by atoms with Gasteiger partial charge in [-0.3, -0.25) is 14.6 Å². The minimum atomic E-state index is -0.286. The lowest BCUT2D eigenvalue weighted by Gasteiger charge is -2.20. The van der Waals surface area contributed by atoms with Gasteiger partial charge in [0.25, 0.3) is 11.8 Å². The van der Waals surface area contributed by atoms with E-state index >= 15 is 0 Å². The Hall–Kier alpha value is -2.76. The van der Waals surface area contributed by atoms with Crippen molar-refractivity contribution in [3.8, 4) is 11.3 Å². The Labute approximate surface area is 153 Å². The van der Waals surface area contributed by atoms with Gasteiger partial charge in [0, 0.05) is 29.8 Å². The summed E-state index contributed by atoms with van der Waals surface area (Å²) in [6.45, 7) is 7.39. The van der Waals surface area contributed by atoms with Gasteiger partial charge in [-0.05, 0) is 45.7 Å². The van der Waals surface area contributed by atoms with Crippen molar-refractivity contribution in [2.24, 2.45) is 0 Å². The van der Waals surface area contributed by atoms with Crippen molar-refractivity contribution in [3.63, 3.8) is 0 Å². The first kappa shape index (κ1) is 18.0. The van der Waals surface area contributed by atoms with Crippen molar-refractivity contribution < 1.29 is 9.59 Å². The molecule has 2 heterocycles. The fraction of sp³-hybridized carbons (Fsp3) is 0.400.